The molecule has 0 unspecified atom stereocenters. The maximum atomic E-state index is 5.26. The van der Waals surface area contributed by atoms with Gasteiger partial charge in [0, 0.05) is 32.9 Å². The number of rotatable bonds is 6. The van der Waals surface area contributed by atoms with Crippen molar-refractivity contribution in [2.24, 2.45) is 0 Å². The highest BCUT2D eigenvalue weighted by Gasteiger charge is 2.13. The number of aryl methyl sites for hydroxylation is 1. The predicted molar refractivity (Wildman–Crippen MR) is 72.7 cm³/mol. The molecule has 0 bridgehead atoms. The first-order valence-electron chi connectivity index (χ1n) is 6.48. The number of nitrogens with one attached hydrogen (secondary N) is 1. The van der Waals surface area contributed by atoms with E-state index in [-0.39, 0.29) is 0 Å². The highest BCUT2D eigenvalue weighted by atomic mass is 16.7. The molecular weight excluding hydrogens is 228 g/mol. The smallest absolute Gasteiger partial charge is 0.0916 e. The summed E-state index contributed by atoms with van der Waals surface area (Å²) < 4.78 is 4.91. The normalized spacial score (nSPS) is 14.7. The maximum Gasteiger partial charge on any atom is 0.0916 e. The Morgan fingerprint density at radius 2 is 2.22 bits per heavy atom. The number of hydrogen-bond donors (Lipinski definition) is 1. The number of benzene rings is 1. The molecule has 18 heavy (non-hydrogen) atoms. The van der Waals surface area contributed by atoms with Gasteiger partial charge in [-0.2, -0.15) is 5.48 Å². The second-order valence-corrected chi connectivity index (χ2v) is 4.65. The lowest BCUT2D eigenvalue weighted by Gasteiger charge is -2.27. The minimum Gasteiger partial charge on any atom is -0.382 e. The molecule has 4 nitrogen and oxygen atoms in total. The second-order valence-electron chi connectivity index (χ2n) is 4.65. The number of methoxy groups -OCH3 is 1. The second kappa shape index (κ2) is 6.73. The molecule has 1 heterocycles. The highest BCUT2D eigenvalue weighted by molar-refractivity contribution is 5.56. The van der Waals surface area contributed by atoms with Gasteiger partial charge in [-0.05, 0) is 30.0 Å². The van der Waals surface area contributed by atoms with E-state index >= 15 is 0 Å². The van der Waals surface area contributed by atoms with Gasteiger partial charge in [-0.25, -0.2) is 0 Å². The van der Waals surface area contributed by atoms with Gasteiger partial charge in [-0.3, -0.25) is 4.84 Å². The quantitative estimate of drug-likeness (QED) is 0.616. The van der Waals surface area contributed by atoms with Crippen LogP contribution in [0, 0.1) is 0 Å². The van der Waals surface area contributed by atoms with Crippen molar-refractivity contribution in [3.8, 4) is 0 Å². The molecule has 0 aliphatic carbocycles. The third-order valence-electron chi connectivity index (χ3n) is 3.26. The van der Waals surface area contributed by atoms with Crippen LogP contribution in [0.15, 0.2) is 18.2 Å². The van der Waals surface area contributed by atoms with Gasteiger partial charge in [-0.15, -0.1) is 0 Å². The number of anilines is 1. The molecule has 1 aliphatic heterocycles. The SMILES string of the molecule is COCCONCc1ccc2c(c1)CCCN2C. The van der Waals surface area contributed by atoms with Gasteiger partial charge in [0.25, 0.3) is 0 Å². The van der Waals surface area contributed by atoms with E-state index in [0.717, 1.165) is 13.1 Å². The molecule has 1 aliphatic rings. The molecule has 0 spiro atoms. The van der Waals surface area contributed by atoms with E-state index in [0.29, 0.717) is 13.2 Å². The minimum atomic E-state index is 0.574. The summed E-state index contributed by atoms with van der Waals surface area (Å²) in [6.07, 6.45) is 2.42. The van der Waals surface area contributed by atoms with Crippen LogP contribution in [0.1, 0.15) is 17.5 Å². The van der Waals surface area contributed by atoms with Crippen LogP contribution in [0.2, 0.25) is 0 Å². The molecule has 4 heteroatoms. The van der Waals surface area contributed by atoms with E-state index in [4.69, 9.17) is 9.57 Å². The third-order valence-corrected chi connectivity index (χ3v) is 3.26. The zero-order chi connectivity index (χ0) is 12.8. The minimum absolute atomic E-state index is 0.574. The van der Waals surface area contributed by atoms with Gasteiger partial charge >= 0.3 is 0 Å². The Balaban J connectivity index is 1.87. The van der Waals surface area contributed by atoms with Crippen LogP contribution in [0.25, 0.3) is 0 Å². The summed E-state index contributed by atoms with van der Waals surface area (Å²) in [4.78, 5) is 7.58. The molecule has 100 valence electrons. The lowest BCUT2D eigenvalue weighted by molar-refractivity contribution is 0.00346. The monoisotopic (exact) mass is 250 g/mol. The Kier molecular flexibility index (Phi) is 4.99. The van der Waals surface area contributed by atoms with Crippen molar-refractivity contribution in [3.05, 3.63) is 29.3 Å². The fourth-order valence-corrected chi connectivity index (χ4v) is 2.28. The number of fused-ring (bicyclic) bond motifs is 1. The van der Waals surface area contributed by atoms with E-state index in [1.165, 1.54) is 29.7 Å². The van der Waals surface area contributed by atoms with Gasteiger partial charge in [0.15, 0.2) is 0 Å². The molecule has 2 rings (SSSR count). The predicted octanol–water partition coefficient (Wildman–Crippen LogP) is 1.74. The zero-order valence-corrected chi connectivity index (χ0v) is 11.2. The summed E-state index contributed by atoms with van der Waals surface area (Å²) in [7, 11) is 3.83. The van der Waals surface area contributed by atoms with Gasteiger partial charge < -0.3 is 9.64 Å². The van der Waals surface area contributed by atoms with Crippen LogP contribution in [0.3, 0.4) is 0 Å². The maximum absolute atomic E-state index is 5.26. The fourth-order valence-electron chi connectivity index (χ4n) is 2.28. The van der Waals surface area contributed by atoms with Gasteiger partial charge in [0.1, 0.15) is 0 Å². The molecule has 0 amide bonds. The lowest BCUT2D eigenvalue weighted by atomic mass is 10.00. The molecule has 0 radical (unpaired) electrons. The molecule has 0 fully saturated rings. The molecule has 1 aromatic carbocycles. The van der Waals surface area contributed by atoms with E-state index in [1.54, 1.807) is 7.11 Å². The fraction of sp³-hybridized carbons (Fsp3) is 0.571. The van der Waals surface area contributed by atoms with Crippen LogP contribution < -0.4 is 10.4 Å². The largest absolute Gasteiger partial charge is 0.382 e. The van der Waals surface area contributed by atoms with E-state index in [2.05, 4.69) is 35.6 Å². The topological polar surface area (TPSA) is 33.7 Å². The lowest BCUT2D eigenvalue weighted by Crippen LogP contribution is -2.25. The third kappa shape index (κ3) is 3.45. The van der Waals surface area contributed by atoms with Crippen LogP contribution in [-0.2, 0) is 22.5 Å². The summed E-state index contributed by atoms with van der Waals surface area (Å²) in [6.45, 7) is 3.08. The van der Waals surface area contributed by atoms with Gasteiger partial charge in [0.2, 0.25) is 0 Å². The van der Waals surface area contributed by atoms with E-state index in [1.807, 2.05) is 0 Å². The van der Waals surface area contributed by atoms with Crippen molar-refractivity contribution in [2.75, 3.05) is 38.8 Å². The first-order chi connectivity index (χ1) is 8.81. The molecule has 0 atom stereocenters. The van der Waals surface area contributed by atoms with E-state index < -0.39 is 0 Å². The van der Waals surface area contributed by atoms with Crippen molar-refractivity contribution < 1.29 is 9.57 Å². The summed E-state index contributed by atoms with van der Waals surface area (Å²) in [5.41, 5.74) is 7.04. The van der Waals surface area contributed by atoms with Crippen molar-refractivity contribution in [1.29, 1.82) is 0 Å². The van der Waals surface area contributed by atoms with E-state index in [9.17, 15) is 0 Å². The average molecular weight is 250 g/mol. The first kappa shape index (κ1) is 13.3. The summed E-state index contributed by atoms with van der Waals surface area (Å²) >= 11 is 0. The number of hydroxylamine groups is 1. The van der Waals surface area contributed by atoms with Crippen LogP contribution in [0.5, 0.6) is 0 Å². The summed E-state index contributed by atoms with van der Waals surface area (Å²) in [5.74, 6) is 0. The summed E-state index contributed by atoms with van der Waals surface area (Å²) in [5, 5.41) is 0. The Labute approximate surface area is 109 Å². The Morgan fingerprint density at radius 3 is 3.06 bits per heavy atom. The molecule has 1 N–H and O–H groups in total. The Morgan fingerprint density at radius 1 is 1.33 bits per heavy atom. The van der Waals surface area contributed by atoms with Crippen molar-refractivity contribution in [1.82, 2.24) is 5.48 Å². The van der Waals surface area contributed by atoms with Crippen molar-refractivity contribution >= 4 is 5.69 Å². The van der Waals surface area contributed by atoms with Gasteiger partial charge in [0.05, 0.1) is 13.2 Å². The number of hydrogen-bond acceptors (Lipinski definition) is 4. The zero-order valence-electron chi connectivity index (χ0n) is 11.2. The van der Waals surface area contributed by atoms with Crippen molar-refractivity contribution in [3.63, 3.8) is 0 Å². The van der Waals surface area contributed by atoms with Crippen LogP contribution in [-0.4, -0.2) is 33.9 Å². The molecule has 1 aromatic rings. The van der Waals surface area contributed by atoms with Gasteiger partial charge in [-0.1, -0.05) is 12.1 Å². The number of nitrogens with zero attached hydrogens (tertiary/aromatic N) is 1. The molecule has 0 saturated heterocycles. The van der Waals surface area contributed by atoms with Crippen LogP contribution in [0.4, 0.5) is 5.69 Å². The highest BCUT2D eigenvalue weighted by Crippen LogP contribution is 2.26. The number of ether oxygens (including phenoxy) is 1. The average Bonchev–Trinajstić information content (AvgIpc) is 2.39. The first-order valence-corrected chi connectivity index (χ1v) is 6.48. The molecular formula is C14H22N2O2. The Hall–Kier alpha value is -1.10. The Bertz CT molecular complexity index is 382. The molecule has 0 saturated carbocycles. The van der Waals surface area contributed by atoms with Crippen molar-refractivity contribution in [2.45, 2.75) is 19.4 Å². The van der Waals surface area contributed by atoms with Crippen LogP contribution >= 0.6 is 0 Å². The standard InChI is InChI=1S/C14H22N2O2/c1-16-7-3-4-13-10-12(5-6-14(13)16)11-15-18-9-8-17-2/h5-6,10,15H,3-4,7-9,11H2,1-2H3. The summed E-state index contributed by atoms with van der Waals surface area (Å²) in [6, 6.07) is 6.64. The molecule has 0 aromatic heterocycles.